The molecule has 118 valence electrons. The van der Waals surface area contributed by atoms with Crippen molar-refractivity contribution in [1.29, 1.82) is 0 Å². The predicted molar refractivity (Wildman–Crippen MR) is 89.0 cm³/mol. The number of carbonyl (C=O) groups excluding carboxylic acids is 1. The van der Waals surface area contributed by atoms with Gasteiger partial charge in [0.25, 0.3) is 5.91 Å². The molecule has 2 rings (SSSR count). The van der Waals surface area contributed by atoms with E-state index in [4.69, 9.17) is 9.15 Å². The molecule has 4 nitrogen and oxygen atoms in total. The monoisotopic (exact) mass is 365 g/mol. The molecule has 0 fully saturated rings. The summed E-state index contributed by atoms with van der Waals surface area (Å²) in [7, 11) is 0. The van der Waals surface area contributed by atoms with Crippen LogP contribution in [0.25, 0.3) is 0 Å². The average molecular weight is 366 g/mol. The third-order valence-corrected chi connectivity index (χ3v) is 4.17. The second-order valence-electron chi connectivity index (χ2n) is 5.44. The second-order valence-corrected chi connectivity index (χ2v) is 6.29. The summed E-state index contributed by atoms with van der Waals surface area (Å²) in [6.45, 7) is 6.55. The van der Waals surface area contributed by atoms with Crippen molar-refractivity contribution in [2.24, 2.45) is 0 Å². The van der Waals surface area contributed by atoms with Gasteiger partial charge < -0.3 is 14.5 Å². The van der Waals surface area contributed by atoms with E-state index < -0.39 is 0 Å². The highest BCUT2D eigenvalue weighted by Gasteiger charge is 2.12. The molecule has 0 aliphatic rings. The zero-order valence-electron chi connectivity index (χ0n) is 13.0. The Balaban J connectivity index is 1.95. The maximum absolute atomic E-state index is 11.9. The SMILES string of the molecule is Cc1cc(OCC(=O)NCc2ccco2)c(C(C)C)cc1Br. The number of aryl methyl sites for hydroxylation is 1. The van der Waals surface area contributed by atoms with Crippen LogP contribution in [-0.2, 0) is 11.3 Å². The maximum Gasteiger partial charge on any atom is 0.258 e. The van der Waals surface area contributed by atoms with Crippen molar-refractivity contribution >= 4 is 21.8 Å². The molecule has 1 aromatic carbocycles. The Kier molecular flexibility index (Phi) is 5.66. The smallest absolute Gasteiger partial charge is 0.258 e. The molecular weight excluding hydrogens is 346 g/mol. The molecule has 2 aromatic rings. The molecule has 1 N–H and O–H groups in total. The molecular formula is C17H20BrNO3. The molecule has 22 heavy (non-hydrogen) atoms. The molecule has 1 amide bonds. The van der Waals surface area contributed by atoms with E-state index in [1.807, 2.05) is 19.1 Å². The fourth-order valence-electron chi connectivity index (χ4n) is 2.04. The highest BCUT2D eigenvalue weighted by atomic mass is 79.9. The summed E-state index contributed by atoms with van der Waals surface area (Å²) in [4.78, 5) is 11.9. The van der Waals surface area contributed by atoms with Gasteiger partial charge in [0.1, 0.15) is 11.5 Å². The van der Waals surface area contributed by atoms with E-state index in [0.717, 1.165) is 27.1 Å². The number of hydrogen-bond acceptors (Lipinski definition) is 3. The molecule has 0 bridgehead atoms. The number of ether oxygens (including phenoxy) is 1. The lowest BCUT2D eigenvalue weighted by atomic mass is 10.0. The number of carbonyl (C=O) groups is 1. The van der Waals surface area contributed by atoms with E-state index in [2.05, 4.69) is 41.2 Å². The van der Waals surface area contributed by atoms with Crippen LogP contribution in [0.2, 0.25) is 0 Å². The Morgan fingerprint density at radius 1 is 1.41 bits per heavy atom. The molecule has 0 saturated heterocycles. The number of benzene rings is 1. The highest BCUT2D eigenvalue weighted by Crippen LogP contribution is 2.32. The number of halogens is 1. The number of nitrogens with one attached hydrogen (secondary N) is 1. The van der Waals surface area contributed by atoms with Gasteiger partial charge in [-0.1, -0.05) is 29.8 Å². The summed E-state index contributed by atoms with van der Waals surface area (Å²) in [5.74, 6) is 1.62. The van der Waals surface area contributed by atoms with Crippen LogP contribution in [-0.4, -0.2) is 12.5 Å². The van der Waals surface area contributed by atoms with E-state index in [1.54, 1.807) is 12.3 Å². The number of furan rings is 1. The van der Waals surface area contributed by atoms with E-state index in [0.29, 0.717) is 12.5 Å². The quantitative estimate of drug-likeness (QED) is 0.835. The van der Waals surface area contributed by atoms with Crippen molar-refractivity contribution in [3.05, 3.63) is 51.9 Å². The minimum Gasteiger partial charge on any atom is -0.483 e. The molecule has 0 saturated carbocycles. The minimum atomic E-state index is -0.174. The van der Waals surface area contributed by atoms with Crippen molar-refractivity contribution in [3.8, 4) is 5.75 Å². The fourth-order valence-corrected chi connectivity index (χ4v) is 2.40. The topological polar surface area (TPSA) is 51.5 Å². The lowest BCUT2D eigenvalue weighted by molar-refractivity contribution is -0.123. The largest absolute Gasteiger partial charge is 0.483 e. The first-order valence-corrected chi connectivity index (χ1v) is 7.98. The molecule has 0 aliphatic carbocycles. The summed E-state index contributed by atoms with van der Waals surface area (Å²) in [5, 5.41) is 2.76. The number of amides is 1. The van der Waals surface area contributed by atoms with Crippen molar-refractivity contribution in [2.75, 3.05) is 6.61 Å². The summed E-state index contributed by atoms with van der Waals surface area (Å²) >= 11 is 3.53. The molecule has 1 heterocycles. The zero-order valence-corrected chi connectivity index (χ0v) is 14.6. The van der Waals surface area contributed by atoms with Crippen LogP contribution in [0.5, 0.6) is 5.75 Å². The fraction of sp³-hybridized carbons (Fsp3) is 0.353. The highest BCUT2D eigenvalue weighted by molar-refractivity contribution is 9.10. The van der Waals surface area contributed by atoms with E-state index in [-0.39, 0.29) is 12.5 Å². The van der Waals surface area contributed by atoms with Crippen LogP contribution in [0.1, 0.15) is 36.7 Å². The standard InChI is InChI=1S/C17H20BrNO3/c1-11(2)14-8-15(18)12(3)7-16(14)22-10-17(20)19-9-13-5-4-6-21-13/h4-8,11H,9-10H2,1-3H3,(H,19,20). The van der Waals surface area contributed by atoms with Crippen LogP contribution in [0, 0.1) is 6.92 Å². The Bertz CT molecular complexity index is 636. The minimum absolute atomic E-state index is 0.0124. The van der Waals surface area contributed by atoms with Gasteiger partial charge in [-0.3, -0.25) is 4.79 Å². The van der Waals surface area contributed by atoms with Gasteiger partial charge in [-0.25, -0.2) is 0 Å². The summed E-state index contributed by atoms with van der Waals surface area (Å²) in [5.41, 5.74) is 2.16. The van der Waals surface area contributed by atoms with Gasteiger partial charge in [-0.15, -0.1) is 0 Å². The third kappa shape index (κ3) is 4.37. The first-order chi connectivity index (χ1) is 10.5. The third-order valence-electron chi connectivity index (χ3n) is 3.31. The van der Waals surface area contributed by atoms with E-state index in [9.17, 15) is 4.79 Å². The molecule has 0 spiro atoms. The van der Waals surface area contributed by atoms with Crippen LogP contribution in [0.3, 0.4) is 0 Å². The van der Waals surface area contributed by atoms with Crippen LogP contribution >= 0.6 is 15.9 Å². The molecule has 1 aromatic heterocycles. The van der Waals surface area contributed by atoms with Gasteiger partial charge in [-0.05, 0) is 48.2 Å². The Labute approximate surface area is 139 Å². The Morgan fingerprint density at radius 3 is 2.82 bits per heavy atom. The molecule has 0 aliphatic heterocycles. The second kappa shape index (κ2) is 7.49. The van der Waals surface area contributed by atoms with Gasteiger partial charge in [-0.2, -0.15) is 0 Å². The van der Waals surface area contributed by atoms with Gasteiger partial charge >= 0.3 is 0 Å². The van der Waals surface area contributed by atoms with Gasteiger partial charge in [0.2, 0.25) is 0 Å². The van der Waals surface area contributed by atoms with Crippen molar-refractivity contribution in [3.63, 3.8) is 0 Å². The molecule has 0 unspecified atom stereocenters. The Hall–Kier alpha value is -1.75. The van der Waals surface area contributed by atoms with Gasteiger partial charge in [0.05, 0.1) is 12.8 Å². The maximum atomic E-state index is 11.9. The molecule has 0 atom stereocenters. The van der Waals surface area contributed by atoms with E-state index >= 15 is 0 Å². The lowest BCUT2D eigenvalue weighted by Gasteiger charge is -2.16. The summed E-state index contributed by atoms with van der Waals surface area (Å²) in [6.07, 6.45) is 1.58. The first kappa shape index (κ1) is 16.6. The van der Waals surface area contributed by atoms with Crippen molar-refractivity contribution in [2.45, 2.75) is 33.2 Å². The van der Waals surface area contributed by atoms with Crippen LogP contribution in [0.15, 0.2) is 39.4 Å². The molecule has 5 heteroatoms. The van der Waals surface area contributed by atoms with E-state index in [1.165, 1.54) is 0 Å². The van der Waals surface area contributed by atoms with Crippen molar-refractivity contribution < 1.29 is 13.9 Å². The average Bonchev–Trinajstić information content (AvgIpc) is 2.99. The Morgan fingerprint density at radius 2 is 2.18 bits per heavy atom. The zero-order chi connectivity index (χ0) is 16.1. The lowest BCUT2D eigenvalue weighted by Crippen LogP contribution is -2.28. The predicted octanol–water partition coefficient (Wildman–Crippen LogP) is 4.17. The summed E-state index contributed by atoms with van der Waals surface area (Å²) in [6, 6.07) is 7.61. The van der Waals surface area contributed by atoms with Crippen LogP contribution in [0.4, 0.5) is 0 Å². The van der Waals surface area contributed by atoms with Gasteiger partial charge in [0, 0.05) is 4.47 Å². The molecule has 0 radical (unpaired) electrons. The van der Waals surface area contributed by atoms with Gasteiger partial charge in [0.15, 0.2) is 6.61 Å². The number of rotatable bonds is 6. The first-order valence-electron chi connectivity index (χ1n) is 7.19. The van der Waals surface area contributed by atoms with Crippen molar-refractivity contribution in [1.82, 2.24) is 5.32 Å². The normalized spacial score (nSPS) is 10.8. The number of hydrogen-bond donors (Lipinski definition) is 1. The van der Waals surface area contributed by atoms with Crippen LogP contribution < -0.4 is 10.1 Å². The summed E-state index contributed by atoms with van der Waals surface area (Å²) < 4.78 is 11.9.